The van der Waals surface area contributed by atoms with E-state index in [0.29, 0.717) is 13.2 Å². The van der Waals surface area contributed by atoms with Gasteiger partial charge in [0, 0.05) is 6.54 Å². The van der Waals surface area contributed by atoms with Gasteiger partial charge >= 0.3 is 5.97 Å². The third-order valence-corrected chi connectivity index (χ3v) is 5.49. The molecule has 5 nitrogen and oxygen atoms in total. The molecule has 25 heavy (non-hydrogen) atoms. The molecule has 0 aromatic heterocycles. The summed E-state index contributed by atoms with van der Waals surface area (Å²) in [5.41, 5.74) is 0.263. The molecular weight excluding hydrogens is 338 g/mol. The molecule has 0 spiro atoms. The maximum absolute atomic E-state index is 12.1. The number of unbranched alkanes of at least 4 members (excludes halogenated alkanes) is 7. The Morgan fingerprint density at radius 1 is 1.00 bits per heavy atom. The minimum atomic E-state index is -3.57. The molecule has 0 bridgehead atoms. The van der Waals surface area contributed by atoms with E-state index in [1.54, 1.807) is 19.1 Å². The molecular formula is C19H31NO4S. The number of nitrogens with one attached hydrogen (secondary N) is 1. The summed E-state index contributed by atoms with van der Waals surface area (Å²) in [6.45, 7) is 4.59. The Hall–Kier alpha value is -1.40. The molecule has 0 unspecified atom stereocenters. The fourth-order valence-electron chi connectivity index (χ4n) is 2.55. The van der Waals surface area contributed by atoms with Crippen LogP contribution in [0.25, 0.3) is 0 Å². The summed E-state index contributed by atoms with van der Waals surface area (Å²) < 4.78 is 31.6. The van der Waals surface area contributed by atoms with Crippen molar-refractivity contribution in [3.8, 4) is 0 Å². The third kappa shape index (κ3) is 8.50. The molecule has 0 atom stereocenters. The molecule has 0 radical (unpaired) electrons. The lowest BCUT2D eigenvalue weighted by molar-refractivity contribution is 0.0497. The van der Waals surface area contributed by atoms with E-state index < -0.39 is 16.0 Å². The minimum Gasteiger partial charge on any atom is -0.462 e. The molecule has 0 heterocycles. The fraction of sp³-hybridized carbons (Fsp3) is 0.632. The topological polar surface area (TPSA) is 72.5 Å². The van der Waals surface area contributed by atoms with Crippen molar-refractivity contribution in [2.45, 2.75) is 70.1 Å². The van der Waals surface area contributed by atoms with E-state index in [0.717, 1.165) is 19.3 Å². The molecule has 142 valence electrons. The van der Waals surface area contributed by atoms with Gasteiger partial charge in [0.25, 0.3) is 0 Å². The normalized spacial score (nSPS) is 11.4. The number of carbonyl (C=O) groups excluding carboxylic acids is 1. The molecule has 1 N–H and O–H groups in total. The van der Waals surface area contributed by atoms with E-state index in [-0.39, 0.29) is 10.5 Å². The Kier molecular flexibility index (Phi) is 10.4. The number of rotatable bonds is 13. The third-order valence-electron chi connectivity index (χ3n) is 3.95. The minimum absolute atomic E-state index is 0.0795. The van der Waals surface area contributed by atoms with Gasteiger partial charge in [0.05, 0.1) is 17.1 Å². The Labute approximate surface area is 152 Å². The monoisotopic (exact) mass is 369 g/mol. The van der Waals surface area contributed by atoms with Crippen molar-refractivity contribution in [2.24, 2.45) is 0 Å². The van der Waals surface area contributed by atoms with E-state index in [1.165, 1.54) is 44.2 Å². The van der Waals surface area contributed by atoms with Gasteiger partial charge in [0.15, 0.2) is 0 Å². The largest absolute Gasteiger partial charge is 0.462 e. The van der Waals surface area contributed by atoms with Gasteiger partial charge in [-0.3, -0.25) is 0 Å². The van der Waals surface area contributed by atoms with Crippen LogP contribution >= 0.6 is 0 Å². The first kappa shape index (κ1) is 21.6. The van der Waals surface area contributed by atoms with Crippen LogP contribution in [0.2, 0.25) is 0 Å². The number of carbonyl (C=O) groups is 1. The maximum atomic E-state index is 12.1. The number of esters is 1. The van der Waals surface area contributed by atoms with Crippen molar-refractivity contribution in [2.75, 3.05) is 13.2 Å². The van der Waals surface area contributed by atoms with Gasteiger partial charge in [-0.1, -0.05) is 64.9 Å². The van der Waals surface area contributed by atoms with Crippen molar-refractivity contribution in [3.05, 3.63) is 29.8 Å². The van der Waals surface area contributed by atoms with Gasteiger partial charge in [-0.2, -0.15) is 0 Å². The van der Waals surface area contributed by atoms with E-state index in [2.05, 4.69) is 11.6 Å². The van der Waals surface area contributed by atoms with Crippen LogP contribution in [0.1, 0.15) is 75.6 Å². The smallest absolute Gasteiger partial charge is 0.338 e. The molecule has 1 aromatic carbocycles. The fourth-order valence-corrected chi connectivity index (χ4v) is 3.63. The van der Waals surface area contributed by atoms with Crippen LogP contribution in [-0.2, 0) is 14.8 Å². The quantitative estimate of drug-likeness (QED) is 0.416. The van der Waals surface area contributed by atoms with Gasteiger partial charge in [-0.15, -0.1) is 0 Å². The van der Waals surface area contributed by atoms with Crippen molar-refractivity contribution in [1.82, 2.24) is 4.72 Å². The summed E-state index contributed by atoms with van der Waals surface area (Å²) in [6.07, 6.45) is 9.44. The number of sulfonamides is 1. The van der Waals surface area contributed by atoms with E-state index in [9.17, 15) is 13.2 Å². The maximum Gasteiger partial charge on any atom is 0.338 e. The summed E-state index contributed by atoms with van der Waals surface area (Å²) in [6, 6.07) is 5.94. The highest BCUT2D eigenvalue weighted by Crippen LogP contribution is 2.13. The number of hydrogen-bond acceptors (Lipinski definition) is 4. The average Bonchev–Trinajstić information content (AvgIpc) is 2.60. The van der Waals surface area contributed by atoms with Crippen molar-refractivity contribution in [1.29, 1.82) is 0 Å². The van der Waals surface area contributed by atoms with Crippen LogP contribution in [0.4, 0.5) is 0 Å². The number of benzene rings is 1. The lowest BCUT2D eigenvalue weighted by atomic mass is 10.1. The van der Waals surface area contributed by atoms with Gasteiger partial charge in [-0.05, 0) is 24.6 Å². The summed E-state index contributed by atoms with van der Waals surface area (Å²) >= 11 is 0. The predicted octanol–water partition coefficient (Wildman–Crippen LogP) is 4.28. The van der Waals surface area contributed by atoms with Crippen LogP contribution in [0.15, 0.2) is 29.2 Å². The zero-order valence-electron chi connectivity index (χ0n) is 15.4. The molecule has 0 amide bonds. The lowest BCUT2D eigenvalue weighted by Gasteiger charge is -2.08. The van der Waals surface area contributed by atoms with E-state index in [4.69, 9.17) is 4.74 Å². The first-order valence-corrected chi connectivity index (χ1v) is 10.8. The molecule has 0 aliphatic rings. The van der Waals surface area contributed by atoms with E-state index in [1.807, 2.05) is 0 Å². The second kappa shape index (κ2) is 12.0. The van der Waals surface area contributed by atoms with Crippen LogP contribution in [-0.4, -0.2) is 27.5 Å². The van der Waals surface area contributed by atoms with Crippen molar-refractivity contribution in [3.63, 3.8) is 0 Å². The summed E-state index contributed by atoms with van der Waals surface area (Å²) in [7, 11) is -3.57. The molecule has 0 aliphatic heterocycles. The SMILES string of the molecule is CCCCCCCCCCOC(=O)c1cccc(S(=O)(=O)NCC)c1. The molecule has 1 rings (SSSR count). The van der Waals surface area contributed by atoms with Gasteiger partial charge < -0.3 is 4.74 Å². The Morgan fingerprint density at radius 3 is 2.28 bits per heavy atom. The van der Waals surface area contributed by atoms with Gasteiger partial charge in [0.1, 0.15) is 0 Å². The van der Waals surface area contributed by atoms with Crippen LogP contribution in [0.5, 0.6) is 0 Å². The number of ether oxygens (including phenoxy) is 1. The summed E-state index contributed by atoms with van der Waals surface area (Å²) in [4.78, 5) is 12.1. The average molecular weight is 370 g/mol. The van der Waals surface area contributed by atoms with Gasteiger partial charge in [-0.25, -0.2) is 17.9 Å². The first-order valence-electron chi connectivity index (χ1n) is 9.28. The molecule has 0 aliphatic carbocycles. The van der Waals surface area contributed by atoms with Crippen LogP contribution in [0.3, 0.4) is 0 Å². The zero-order valence-corrected chi connectivity index (χ0v) is 16.2. The van der Waals surface area contributed by atoms with Crippen molar-refractivity contribution < 1.29 is 17.9 Å². The summed E-state index contributed by atoms with van der Waals surface area (Å²) in [5, 5.41) is 0. The van der Waals surface area contributed by atoms with Crippen LogP contribution in [0, 0.1) is 0 Å². The highest BCUT2D eigenvalue weighted by atomic mass is 32.2. The highest BCUT2D eigenvalue weighted by molar-refractivity contribution is 7.89. The summed E-state index contributed by atoms with van der Waals surface area (Å²) in [5.74, 6) is -0.475. The molecule has 0 fully saturated rings. The number of hydrogen-bond donors (Lipinski definition) is 1. The van der Waals surface area contributed by atoms with E-state index >= 15 is 0 Å². The standard InChI is InChI=1S/C19H31NO4S/c1-3-5-6-7-8-9-10-11-15-24-19(21)17-13-12-14-18(16-17)25(22,23)20-4-2/h12-14,16,20H,3-11,15H2,1-2H3. The second-order valence-corrected chi connectivity index (χ2v) is 7.91. The molecule has 0 saturated carbocycles. The first-order chi connectivity index (χ1) is 12.0. The molecule has 0 saturated heterocycles. The molecule has 1 aromatic rings. The second-order valence-electron chi connectivity index (χ2n) is 6.14. The zero-order chi connectivity index (χ0) is 18.5. The lowest BCUT2D eigenvalue weighted by Crippen LogP contribution is -2.23. The van der Waals surface area contributed by atoms with Gasteiger partial charge in [0.2, 0.25) is 10.0 Å². The predicted molar refractivity (Wildman–Crippen MR) is 100 cm³/mol. The Bertz CT molecular complexity index is 614. The Balaban J connectivity index is 2.34. The van der Waals surface area contributed by atoms with Crippen LogP contribution < -0.4 is 4.72 Å². The molecule has 6 heteroatoms. The Morgan fingerprint density at radius 2 is 1.64 bits per heavy atom. The van der Waals surface area contributed by atoms with Crippen molar-refractivity contribution >= 4 is 16.0 Å². The highest BCUT2D eigenvalue weighted by Gasteiger charge is 2.15.